The van der Waals surface area contributed by atoms with Gasteiger partial charge in [-0.1, -0.05) is 30.8 Å². The molecule has 0 aliphatic rings. The highest BCUT2D eigenvalue weighted by atomic mass is 32.2. The molecule has 1 amide bonds. The van der Waals surface area contributed by atoms with Crippen molar-refractivity contribution in [3.05, 3.63) is 47.3 Å². The first-order valence-corrected chi connectivity index (χ1v) is 8.76. The molecule has 124 valence electrons. The highest BCUT2D eigenvalue weighted by molar-refractivity contribution is 7.99. The third-order valence-electron chi connectivity index (χ3n) is 3.61. The van der Waals surface area contributed by atoms with Crippen LogP contribution in [0.25, 0.3) is 5.78 Å². The second-order valence-electron chi connectivity index (χ2n) is 5.55. The van der Waals surface area contributed by atoms with Crippen LogP contribution < -0.4 is 5.32 Å². The molecule has 0 unspecified atom stereocenters. The number of aryl methyl sites for hydroxylation is 3. The van der Waals surface area contributed by atoms with Gasteiger partial charge in [0, 0.05) is 17.1 Å². The Balaban J connectivity index is 1.68. The average Bonchev–Trinajstić information content (AvgIpc) is 2.96. The Morgan fingerprint density at radius 3 is 2.88 bits per heavy atom. The molecular formula is C17H19N5OS. The summed E-state index contributed by atoms with van der Waals surface area (Å²) in [5.41, 5.74) is 3.92. The lowest BCUT2D eigenvalue weighted by Gasteiger charge is -2.07. The third kappa shape index (κ3) is 3.56. The molecule has 2 heterocycles. The second kappa shape index (κ2) is 7.00. The average molecular weight is 341 g/mol. The molecule has 0 aliphatic heterocycles. The van der Waals surface area contributed by atoms with Crippen LogP contribution in [-0.2, 0) is 11.2 Å². The Bertz CT molecular complexity index is 890. The molecular weight excluding hydrogens is 322 g/mol. The SMILES string of the molecule is CCc1cccc(NC(=O)CSc2nnc3nc(C)cc(C)n23)c1. The molecule has 24 heavy (non-hydrogen) atoms. The largest absolute Gasteiger partial charge is 0.325 e. The molecule has 0 saturated carbocycles. The van der Waals surface area contributed by atoms with Crippen molar-refractivity contribution in [2.45, 2.75) is 32.3 Å². The minimum absolute atomic E-state index is 0.0669. The van der Waals surface area contributed by atoms with E-state index in [0.717, 1.165) is 23.5 Å². The summed E-state index contributed by atoms with van der Waals surface area (Å²) in [6, 6.07) is 9.85. The fourth-order valence-electron chi connectivity index (χ4n) is 2.49. The first kappa shape index (κ1) is 16.4. The van der Waals surface area contributed by atoms with Gasteiger partial charge in [0.25, 0.3) is 5.78 Å². The summed E-state index contributed by atoms with van der Waals surface area (Å²) in [6.07, 6.45) is 0.940. The number of thioether (sulfide) groups is 1. The molecule has 1 aromatic carbocycles. The Hall–Kier alpha value is -2.41. The van der Waals surface area contributed by atoms with Crippen LogP contribution in [0.4, 0.5) is 5.69 Å². The first-order valence-electron chi connectivity index (χ1n) is 7.78. The monoisotopic (exact) mass is 341 g/mol. The summed E-state index contributed by atoms with van der Waals surface area (Å²) in [6.45, 7) is 5.99. The Kier molecular flexibility index (Phi) is 4.80. The van der Waals surface area contributed by atoms with Crippen molar-refractivity contribution in [1.82, 2.24) is 19.6 Å². The Morgan fingerprint density at radius 1 is 1.25 bits per heavy atom. The molecule has 0 spiro atoms. The van der Waals surface area contributed by atoms with Gasteiger partial charge in [0.15, 0.2) is 5.16 Å². The van der Waals surface area contributed by atoms with Gasteiger partial charge in [0.1, 0.15) is 0 Å². The van der Waals surface area contributed by atoms with Gasteiger partial charge >= 0.3 is 0 Å². The maximum absolute atomic E-state index is 12.2. The van der Waals surface area contributed by atoms with Gasteiger partial charge in [-0.3, -0.25) is 9.20 Å². The van der Waals surface area contributed by atoms with Crippen molar-refractivity contribution in [2.75, 3.05) is 11.1 Å². The Morgan fingerprint density at radius 2 is 2.08 bits per heavy atom. The molecule has 6 nitrogen and oxygen atoms in total. The van der Waals surface area contributed by atoms with Crippen molar-refractivity contribution in [3.63, 3.8) is 0 Å². The zero-order valence-electron chi connectivity index (χ0n) is 13.9. The maximum atomic E-state index is 12.2. The minimum atomic E-state index is -0.0669. The lowest BCUT2D eigenvalue weighted by Crippen LogP contribution is -2.14. The molecule has 0 aliphatic carbocycles. The van der Waals surface area contributed by atoms with Crippen molar-refractivity contribution in [3.8, 4) is 0 Å². The summed E-state index contributed by atoms with van der Waals surface area (Å²) in [7, 11) is 0. The number of anilines is 1. The quantitative estimate of drug-likeness (QED) is 0.722. The summed E-state index contributed by atoms with van der Waals surface area (Å²) in [5.74, 6) is 0.763. The number of nitrogens with zero attached hydrogens (tertiary/aromatic N) is 4. The van der Waals surface area contributed by atoms with E-state index in [2.05, 4.69) is 27.4 Å². The number of hydrogen-bond donors (Lipinski definition) is 1. The van der Waals surface area contributed by atoms with Crippen molar-refractivity contribution in [2.24, 2.45) is 0 Å². The number of nitrogens with one attached hydrogen (secondary N) is 1. The standard InChI is InChI=1S/C17H19N5OS/c1-4-13-6-5-7-14(9-13)19-15(23)10-24-17-21-20-16-18-11(2)8-12(3)22(16)17/h5-9H,4,10H2,1-3H3,(H,19,23). The smallest absolute Gasteiger partial charge is 0.256 e. The van der Waals surface area contributed by atoms with Gasteiger partial charge in [-0.15, -0.1) is 10.2 Å². The van der Waals surface area contributed by atoms with Gasteiger partial charge in [-0.25, -0.2) is 4.98 Å². The van der Waals surface area contributed by atoms with Gasteiger partial charge in [-0.05, 0) is 44.0 Å². The summed E-state index contributed by atoms with van der Waals surface area (Å²) in [4.78, 5) is 16.5. The fourth-order valence-corrected chi connectivity index (χ4v) is 3.28. The van der Waals surface area contributed by atoms with E-state index in [1.54, 1.807) is 0 Å². The van der Waals surface area contributed by atoms with Crippen LogP contribution in [0.2, 0.25) is 0 Å². The number of carbonyl (C=O) groups excluding carboxylic acids is 1. The highest BCUT2D eigenvalue weighted by Crippen LogP contribution is 2.19. The van der Waals surface area contributed by atoms with Gasteiger partial charge in [0.05, 0.1) is 5.75 Å². The van der Waals surface area contributed by atoms with E-state index in [1.165, 1.54) is 17.3 Å². The second-order valence-corrected chi connectivity index (χ2v) is 6.49. The van der Waals surface area contributed by atoms with Crippen LogP contribution in [0.3, 0.4) is 0 Å². The van der Waals surface area contributed by atoms with Crippen LogP contribution in [-0.4, -0.2) is 31.2 Å². The van der Waals surface area contributed by atoms with Crippen LogP contribution in [0.5, 0.6) is 0 Å². The van der Waals surface area contributed by atoms with Crippen molar-refractivity contribution >= 4 is 29.1 Å². The van der Waals surface area contributed by atoms with E-state index in [1.807, 2.05) is 48.6 Å². The van der Waals surface area contributed by atoms with Crippen molar-refractivity contribution < 1.29 is 4.79 Å². The molecule has 0 saturated heterocycles. The van der Waals surface area contributed by atoms with Crippen LogP contribution in [0.15, 0.2) is 35.5 Å². The highest BCUT2D eigenvalue weighted by Gasteiger charge is 2.12. The summed E-state index contributed by atoms with van der Waals surface area (Å²) in [5, 5.41) is 11.8. The molecule has 0 atom stereocenters. The molecule has 3 aromatic rings. The number of hydrogen-bond acceptors (Lipinski definition) is 5. The lowest BCUT2D eigenvalue weighted by atomic mass is 10.1. The number of carbonyl (C=O) groups is 1. The Labute approximate surface area is 144 Å². The minimum Gasteiger partial charge on any atom is -0.325 e. The predicted molar refractivity (Wildman–Crippen MR) is 95.4 cm³/mol. The van der Waals surface area contributed by atoms with E-state index < -0.39 is 0 Å². The predicted octanol–water partition coefficient (Wildman–Crippen LogP) is 3.03. The number of rotatable bonds is 5. The van der Waals surface area contributed by atoms with Crippen LogP contribution in [0, 0.1) is 13.8 Å². The fraction of sp³-hybridized carbons (Fsp3) is 0.294. The molecule has 2 aromatic heterocycles. The number of aromatic nitrogens is 4. The summed E-state index contributed by atoms with van der Waals surface area (Å²) < 4.78 is 1.86. The number of amides is 1. The van der Waals surface area contributed by atoms with E-state index in [4.69, 9.17) is 0 Å². The molecule has 3 rings (SSSR count). The number of benzene rings is 1. The molecule has 0 radical (unpaired) electrons. The molecule has 0 bridgehead atoms. The molecule has 0 fully saturated rings. The zero-order chi connectivity index (χ0) is 17.1. The van der Waals surface area contributed by atoms with Crippen LogP contribution in [0.1, 0.15) is 23.9 Å². The van der Waals surface area contributed by atoms with E-state index in [9.17, 15) is 4.79 Å². The van der Waals surface area contributed by atoms with Crippen molar-refractivity contribution in [1.29, 1.82) is 0 Å². The van der Waals surface area contributed by atoms with E-state index in [0.29, 0.717) is 10.9 Å². The number of fused-ring (bicyclic) bond motifs is 1. The van der Waals surface area contributed by atoms with Crippen LogP contribution >= 0.6 is 11.8 Å². The molecule has 7 heteroatoms. The summed E-state index contributed by atoms with van der Waals surface area (Å²) >= 11 is 1.35. The zero-order valence-corrected chi connectivity index (χ0v) is 14.7. The van der Waals surface area contributed by atoms with E-state index in [-0.39, 0.29) is 11.7 Å². The third-order valence-corrected chi connectivity index (χ3v) is 4.54. The first-order chi connectivity index (χ1) is 11.6. The van der Waals surface area contributed by atoms with E-state index >= 15 is 0 Å². The normalized spacial score (nSPS) is 11.0. The lowest BCUT2D eigenvalue weighted by molar-refractivity contribution is -0.113. The van der Waals surface area contributed by atoms with Gasteiger partial charge < -0.3 is 5.32 Å². The van der Waals surface area contributed by atoms with Gasteiger partial charge in [0.2, 0.25) is 5.91 Å². The molecule has 1 N–H and O–H groups in total. The topological polar surface area (TPSA) is 72.2 Å². The maximum Gasteiger partial charge on any atom is 0.256 e. The van der Waals surface area contributed by atoms with Gasteiger partial charge in [-0.2, -0.15) is 0 Å².